The third-order valence-electron chi connectivity index (χ3n) is 4.56. The summed E-state index contributed by atoms with van der Waals surface area (Å²) in [5, 5.41) is 10.0. The summed E-state index contributed by atoms with van der Waals surface area (Å²) in [6.07, 6.45) is 2.43. The fourth-order valence-electron chi connectivity index (χ4n) is 3.44. The number of hydrogen-bond acceptors (Lipinski definition) is 4. The monoisotopic (exact) mass is 319 g/mol. The minimum atomic E-state index is 0.650. The third kappa shape index (κ3) is 3.73. The van der Waals surface area contributed by atoms with Crippen LogP contribution in [-0.4, -0.2) is 50.8 Å². The molecule has 0 bridgehead atoms. The Labute approximate surface area is 137 Å². The maximum atomic E-state index is 9.33. The number of nitriles is 1. The number of nitrogens with zero attached hydrogens (tertiary/aromatic N) is 3. The van der Waals surface area contributed by atoms with Crippen LogP contribution in [0.4, 0.5) is 5.69 Å². The van der Waals surface area contributed by atoms with E-state index >= 15 is 0 Å². The molecule has 1 atom stereocenters. The number of rotatable bonds is 3. The normalized spacial score (nSPS) is 23.3. The van der Waals surface area contributed by atoms with Gasteiger partial charge in [-0.25, -0.2) is 0 Å². The minimum absolute atomic E-state index is 0.650. The summed E-state index contributed by atoms with van der Waals surface area (Å²) in [7, 11) is 0. The van der Waals surface area contributed by atoms with Crippen molar-refractivity contribution < 1.29 is 4.74 Å². The van der Waals surface area contributed by atoms with E-state index in [2.05, 4.69) is 15.9 Å². The second-order valence-electron chi connectivity index (χ2n) is 6.14. The van der Waals surface area contributed by atoms with Crippen LogP contribution in [0.1, 0.15) is 18.4 Å². The summed E-state index contributed by atoms with van der Waals surface area (Å²) >= 11 is 6.13. The van der Waals surface area contributed by atoms with Crippen LogP contribution in [-0.2, 0) is 4.74 Å². The number of morpholine rings is 1. The fraction of sp³-hybridized carbons (Fsp3) is 0.588. The van der Waals surface area contributed by atoms with E-state index in [1.807, 2.05) is 12.1 Å². The van der Waals surface area contributed by atoms with Crippen molar-refractivity contribution in [2.75, 3.05) is 50.8 Å². The van der Waals surface area contributed by atoms with Crippen molar-refractivity contribution in [3.8, 4) is 6.07 Å². The molecule has 1 aromatic rings. The molecule has 0 saturated carbocycles. The Morgan fingerprint density at radius 2 is 2.09 bits per heavy atom. The molecule has 3 rings (SSSR count). The van der Waals surface area contributed by atoms with Gasteiger partial charge in [-0.05, 0) is 37.0 Å². The average molecular weight is 320 g/mol. The van der Waals surface area contributed by atoms with Gasteiger partial charge < -0.3 is 9.64 Å². The van der Waals surface area contributed by atoms with Gasteiger partial charge in [0.2, 0.25) is 0 Å². The summed E-state index contributed by atoms with van der Waals surface area (Å²) in [6.45, 7) is 6.92. The van der Waals surface area contributed by atoms with Gasteiger partial charge in [0.05, 0.1) is 24.5 Å². The van der Waals surface area contributed by atoms with E-state index < -0.39 is 0 Å². The first-order valence-electron chi connectivity index (χ1n) is 8.01. The maximum absolute atomic E-state index is 9.33. The standard InChI is InChI=1S/C17H22ClN3O/c18-16-4-3-15(11-19)17(10-16)21-5-1-2-14(13-21)12-20-6-8-22-9-7-20/h3-4,10,14H,1-2,5-9,12-13H2. The van der Waals surface area contributed by atoms with Crippen LogP contribution < -0.4 is 4.90 Å². The van der Waals surface area contributed by atoms with E-state index in [9.17, 15) is 5.26 Å². The molecule has 2 aliphatic heterocycles. The molecule has 2 saturated heterocycles. The first kappa shape index (κ1) is 15.6. The molecule has 0 spiro atoms. The van der Waals surface area contributed by atoms with E-state index in [1.54, 1.807) is 6.07 Å². The first-order valence-corrected chi connectivity index (χ1v) is 8.39. The molecule has 4 nitrogen and oxygen atoms in total. The summed E-state index contributed by atoms with van der Waals surface area (Å²) in [6, 6.07) is 7.83. The molecule has 0 aliphatic carbocycles. The van der Waals surface area contributed by atoms with E-state index in [4.69, 9.17) is 16.3 Å². The smallest absolute Gasteiger partial charge is 0.101 e. The fourth-order valence-corrected chi connectivity index (χ4v) is 3.61. The molecule has 5 heteroatoms. The SMILES string of the molecule is N#Cc1ccc(Cl)cc1N1CCCC(CN2CCOCC2)C1. The van der Waals surface area contributed by atoms with Gasteiger partial charge in [-0.15, -0.1) is 0 Å². The van der Waals surface area contributed by atoms with Crippen LogP contribution in [0.3, 0.4) is 0 Å². The quantitative estimate of drug-likeness (QED) is 0.859. The second-order valence-corrected chi connectivity index (χ2v) is 6.58. The van der Waals surface area contributed by atoms with Crippen molar-refractivity contribution in [3.05, 3.63) is 28.8 Å². The molecule has 0 radical (unpaired) electrons. The van der Waals surface area contributed by atoms with Crippen molar-refractivity contribution in [2.45, 2.75) is 12.8 Å². The van der Waals surface area contributed by atoms with Gasteiger partial charge in [0.25, 0.3) is 0 Å². The van der Waals surface area contributed by atoms with Crippen LogP contribution in [0.2, 0.25) is 5.02 Å². The topological polar surface area (TPSA) is 39.5 Å². The molecule has 118 valence electrons. The first-order chi connectivity index (χ1) is 10.8. The van der Waals surface area contributed by atoms with Crippen molar-refractivity contribution >= 4 is 17.3 Å². The largest absolute Gasteiger partial charge is 0.379 e. The number of hydrogen-bond donors (Lipinski definition) is 0. The molecule has 1 aromatic carbocycles. The van der Waals surface area contributed by atoms with Crippen LogP contribution in [0, 0.1) is 17.2 Å². The zero-order valence-corrected chi connectivity index (χ0v) is 13.6. The van der Waals surface area contributed by atoms with Gasteiger partial charge in [0.15, 0.2) is 0 Å². The highest BCUT2D eigenvalue weighted by Crippen LogP contribution is 2.29. The molecular formula is C17H22ClN3O. The number of halogens is 1. The van der Waals surface area contributed by atoms with Gasteiger partial charge in [-0.1, -0.05) is 11.6 Å². The van der Waals surface area contributed by atoms with Gasteiger partial charge >= 0.3 is 0 Å². The zero-order valence-electron chi connectivity index (χ0n) is 12.8. The van der Waals surface area contributed by atoms with Gasteiger partial charge in [0, 0.05) is 37.7 Å². The summed E-state index contributed by atoms with van der Waals surface area (Å²) < 4.78 is 5.42. The predicted octanol–water partition coefficient (Wildman–Crippen LogP) is 2.76. The van der Waals surface area contributed by atoms with Crippen LogP contribution in [0.5, 0.6) is 0 Å². The van der Waals surface area contributed by atoms with E-state index in [0.29, 0.717) is 10.9 Å². The third-order valence-corrected chi connectivity index (χ3v) is 4.80. The number of benzene rings is 1. The molecule has 2 aliphatic rings. The van der Waals surface area contributed by atoms with E-state index in [1.165, 1.54) is 12.8 Å². The second kappa shape index (κ2) is 7.32. The average Bonchev–Trinajstić information content (AvgIpc) is 2.56. The molecule has 22 heavy (non-hydrogen) atoms. The van der Waals surface area contributed by atoms with Gasteiger partial charge in [-0.3, -0.25) is 4.90 Å². The lowest BCUT2D eigenvalue weighted by Gasteiger charge is -2.38. The molecule has 0 amide bonds. The Morgan fingerprint density at radius 3 is 2.86 bits per heavy atom. The van der Waals surface area contributed by atoms with Crippen molar-refractivity contribution in [1.29, 1.82) is 5.26 Å². The summed E-state index contributed by atoms with van der Waals surface area (Å²) in [5.74, 6) is 0.650. The minimum Gasteiger partial charge on any atom is -0.379 e. The van der Waals surface area contributed by atoms with E-state index in [-0.39, 0.29) is 0 Å². The Morgan fingerprint density at radius 1 is 1.27 bits per heavy atom. The predicted molar refractivity (Wildman–Crippen MR) is 88.4 cm³/mol. The summed E-state index contributed by atoms with van der Waals surface area (Å²) in [5.41, 5.74) is 1.71. The lowest BCUT2D eigenvalue weighted by atomic mass is 9.96. The Bertz CT molecular complexity index is 551. The molecule has 2 fully saturated rings. The van der Waals surface area contributed by atoms with Crippen molar-refractivity contribution in [1.82, 2.24) is 4.90 Å². The van der Waals surface area contributed by atoms with E-state index in [0.717, 1.165) is 57.2 Å². The Hall–Kier alpha value is -1.28. The molecular weight excluding hydrogens is 298 g/mol. The van der Waals surface area contributed by atoms with Crippen LogP contribution in [0.15, 0.2) is 18.2 Å². The highest BCUT2D eigenvalue weighted by Gasteiger charge is 2.24. The molecule has 0 aromatic heterocycles. The lowest BCUT2D eigenvalue weighted by Crippen LogP contribution is -2.44. The van der Waals surface area contributed by atoms with Crippen molar-refractivity contribution in [2.24, 2.45) is 5.92 Å². The van der Waals surface area contributed by atoms with Crippen LogP contribution in [0.25, 0.3) is 0 Å². The Balaban J connectivity index is 1.67. The molecule has 1 unspecified atom stereocenters. The molecule has 2 heterocycles. The number of ether oxygens (including phenoxy) is 1. The maximum Gasteiger partial charge on any atom is 0.101 e. The number of piperidine rings is 1. The summed E-state index contributed by atoms with van der Waals surface area (Å²) in [4.78, 5) is 4.83. The Kier molecular flexibility index (Phi) is 5.20. The molecule has 0 N–H and O–H groups in total. The highest BCUT2D eigenvalue weighted by molar-refractivity contribution is 6.30. The van der Waals surface area contributed by atoms with Gasteiger partial charge in [0.1, 0.15) is 6.07 Å². The van der Waals surface area contributed by atoms with Crippen molar-refractivity contribution in [3.63, 3.8) is 0 Å². The number of anilines is 1. The van der Waals surface area contributed by atoms with Crippen LogP contribution >= 0.6 is 11.6 Å². The lowest BCUT2D eigenvalue weighted by molar-refractivity contribution is 0.0296. The highest BCUT2D eigenvalue weighted by atomic mass is 35.5. The van der Waals surface area contributed by atoms with Gasteiger partial charge in [-0.2, -0.15) is 5.26 Å². The zero-order chi connectivity index (χ0) is 15.4.